The van der Waals surface area contributed by atoms with E-state index >= 15 is 0 Å². The van der Waals surface area contributed by atoms with Gasteiger partial charge >= 0.3 is 5.97 Å². The number of hydrogen-bond acceptors (Lipinski definition) is 2. The van der Waals surface area contributed by atoms with Gasteiger partial charge in [0.2, 0.25) is 5.91 Å². The Morgan fingerprint density at radius 2 is 1.80 bits per heavy atom. The molecular formula is C15H20ClNO3. The lowest BCUT2D eigenvalue weighted by Crippen LogP contribution is -2.40. The molecule has 0 heterocycles. The third-order valence-electron chi connectivity index (χ3n) is 3.18. The molecule has 1 unspecified atom stereocenters. The van der Waals surface area contributed by atoms with E-state index in [0.29, 0.717) is 11.6 Å². The van der Waals surface area contributed by atoms with Crippen LogP contribution in [-0.2, 0) is 9.59 Å². The first kappa shape index (κ1) is 16.5. The van der Waals surface area contributed by atoms with E-state index in [1.807, 2.05) is 26.0 Å². The van der Waals surface area contributed by atoms with E-state index in [1.165, 1.54) is 4.90 Å². The second-order valence-corrected chi connectivity index (χ2v) is 5.46. The van der Waals surface area contributed by atoms with Crippen LogP contribution in [0, 0.1) is 5.92 Å². The molecule has 0 aliphatic heterocycles. The van der Waals surface area contributed by atoms with Gasteiger partial charge in [-0.25, -0.2) is 0 Å². The maximum atomic E-state index is 12.6. The van der Waals surface area contributed by atoms with Crippen LogP contribution in [0.2, 0.25) is 5.02 Å². The highest BCUT2D eigenvalue weighted by molar-refractivity contribution is 6.30. The molecule has 4 nitrogen and oxygen atoms in total. The minimum atomic E-state index is -1.00. The first-order chi connectivity index (χ1) is 9.36. The monoisotopic (exact) mass is 297 g/mol. The van der Waals surface area contributed by atoms with Crippen LogP contribution in [0.5, 0.6) is 0 Å². The van der Waals surface area contributed by atoms with Gasteiger partial charge < -0.3 is 10.0 Å². The standard InChI is InChI=1S/C15H20ClNO3/c1-4-17(9-13(18)19)15(20)14(10(2)3)11-5-7-12(16)8-6-11/h5-8,10,14H,4,9H2,1-3H3,(H,18,19). The molecule has 1 aromatic carbocycles. The highest BCUT2D eigenvalue weighted by Crippen LogP contribution is 2.27. The van der Waals surface area contributed by atoms with Crippen molar-refractivity contribution in [3.63, 3.8) is 0 Å². The van der Waals surface area contributed by atoms with Crippen molar-refractivity contribution in [1.29, 1.82) is 0 Å². The van der Waals surface area contributed by atoms with Crippen molar-refractivity contribution in [3.8, 4) is 0 Å². The van der Waals surface area contributed by atoms with E-state index in [-0.39, 0.29) is 24.3 Å². The Labute approximate surface area is 124 Å². The predicted octanol–water partition coefficient (Wildman–Crippen LogP) is 3.01. The molecule has 1 atom stereocenters. The van der Waals surface area contributed by atoms with Crippen molar-refractivity contribution in [2.75, 3.05) is 13.1 Å². The number of halogens is 1. The Kier molecular flexibility index (Phi) is 6.02. The second-order valence-electron chi connectivity index (χ2n) is 5.02. The number of carboxylic acid groups (broad SMARTS) is 1. The van der Waals surface area contributed by atoms with E-state index in [1.54, 1.807) is 19.1 Å². The number of nitrogens with zero attached hydrogens (tertiary/aromatic N) is 1. The highest BCUT2D eigenvalue weighted by atomic mass is 35.5. The van der Waals surface area contributed by atoms with Crippen LogP contribution in [-0.4, -0.2) is 35.0 Å². The average molecular weight is 298 g/mol. The van der Waals surface area contributed by atoms with Crippen LogP contribution >= 0.6 is 11.6 Å². The molecule has 0 aromatic heterocycles. The summed E-state index contributed by atoms with van der Waals surface area (Å²) in [6, 6.07) is 7.12. The normalized spacial score (nSPS) is 12.2. The smallest absolute Gasteiger partial charge is 0.323 e. The zero-order valence-corrected chi connectivity index (χ0v) is 12.7. The van der Waals surface area contributed by atoms with E-state index in [4.69, 9.17) is 16.7 Å². The fraction of sp³-hybridized carbons (Fsp3) is 0.467. The maximum Gasteiger partial charge on any atom is 0.323 e. The largest absolute Gasteiger partial charge is 0.480 e. The van der Waals surface area contributed by atoms with Crippen LogP contribution in [0.4, 0.5) is 0 Å². The Hall–Kier alpha value is -1.55. The van der Waals surface area contributed by atoms with Gasteiger partial charge in [-0.05, 0) is 30.5 Å². The van der Waals surface area contributed by atoms with Gasteiger partial charge in [-0.1, -0.05) is 37.6 Å². The summed E-state index contributed by atoms with van der Waals surface area (Å²) in [5.74, 6) is -1.44. The first-order valence-electron chi connectivity index (χ1n) is 6.62. The summed E-state index contributed by atoms with van der Waals surface area (Å²) in [6.07, 6.45) is 0. The lowest BCUT2D eigenvalue weighted by molar-refractivity contribution is -0.145. The number of likely N-dealkylation sites (N-methyl/N-ethyl adjacent to an activating group) is 1. The van der Waals surface area contributed by atoms with E-state index in [2.05, 4.69) is 0 Å². The summed E-state index contributed by atoms with van der Waals surface area (Å²) in [4.78, 5) is 24.8. The highest BCUT2D eigenvalue weighted by Gasteiger charge is 2.28. The second kappa shape index (κ2) is 7.29. The first-order valence-corrected chi connectivity index (χ1v) is 7.00. The van der Waals surface area contributed by atoms with Gasteiger partial charge in [-0.2, -0.15) is 0 Å². The van der Waals surface area contributed by atoms with Gasteiger partial charge in [-0.15, -0.1) is 0 Å². The summed E-state index contributed by atoms with van der Waals surface area (Å²) < 4.78 is 0. The molecule has 0 saturated carbocycles. The average Bonchev–Trinajstić information content (AvgIpc) is 2.37. The van der Waals surface area contributed by atoms with Gasteiger partial charge in [0.1, 0.15) is 6.54 Å². The lowest BCUT2D eigenvalue weighted by atomic mass is 9.87. The fourth-order valence-electron chi connectivity index (χ4n) is 2.19. The van der Waals surface area contributed by atoms with Crippen LogP contribution in [0.3, 0.4) is 0 Å². The van der Waals surface area contributed by atoms with Gasteiger partial charge in [-0.3, -0.25) is 9.59 Å². The minimum absolute atomic E-state index is 0.0755. The summed E-state index contributed by atoms with van der Waals surface area (Å²) in [6.45, 7) is 5.78. The number of benzene rings is 1. The third-order valence-corrected chi connectivity index (χ3v) is 3.43. The lowest BCUT2D eigenvalue weighted by Gasteiger charge is -2.27. The van der Waals surface area contributed by atoms with Crippen molar-refractivity contribution >= 4 is 23.5 Å². The van der Waals surface area contributed by atoms with Crippen LogP contribution < -0.4 is 0 Å². The van der Waals surface area contributed by atoms with Gasteiger partial charge in [0.05, 0.1) is 5.92 Å². The molecular weight excluding hydrogens is 278 g/mol. The predicted molar refractivity (Wildman–Crippen MR) is 78.9 cm³/mol. The van der Waals surface area contributed by atoms with Gasteiger partial charge in [0.25, 0.3) is 0 Å². The van der Waals surface area contributed by atoms with E-state index in [0.717, 1.165) is 5.56 Å². The molecule has 0 aliphatic carbocycles. The number of amides is 1. The van der Waals surface area contributed by atoms with Crippen molar-refractivity contribution < 1.29 is 14.7 Å². The quantitative estimate of drug-likeness (QED) is 0.878. The number of carbonyl (C=O) groups excluding carboxylic acids is 1. The van der Waals surface area contributed by atoms with Gasteiger partial charge in [0.15, 0.2) is 0 Å². The topological polar surface area (TPSA) is 57.6 Å². The third kappa shape index (κ3) is 4.23. The molecule has 0 saturated heterocycles. The van der Waals surface area contributed by atoms with Gasteiger partial charge in [0, 0.05) is 11.6 Å². The summed E-state index contributed by atoms with van der Waals surface area (Å²) in [5.41, 5.74) is 0.859. The van der Waals surface area contributed by atoms with Crippen molar-refractivity contribution in [2.24, 2.45) is 5.92 Å². The van der Waals surface area contributed by atoms with Crippen molar-refractivity contribution in [2.45, 2.75) is 26.7 Å². The zero-order chi connectivity index (χ0) is 15.3. The minimum Gasteiger partial charge on any atom is -0.480 e. The van der Waals surface area contributed by atoms with E-state index in [9.17, 15) is 9.59 Å². The summed E-state index contributed by atoms with van der Waals surface area (Å²) in [7, 11) is 0. The molecule has 0 fully saturated rings. The van der Waals surface area contributed by atoms with Crippen molar-refractivity contribution in [3.05, 3.63) is 34.9 Å². The Balaban J connectivity index is 3.03. The maximum absolute atomic E-state index is 12.6. The molecule has 0 radical (unpaired) electrons. The summed E-state index contributed by atoms with van der Waals surface area (Å²) in [5, 5.41) is 9.49. The molecule has 0 bridgehead atoms. The molecule has 5 heteroatoms. The number of rotatable bonds is 6. The molecule has 1 rings (SSSR count). The molecule has 110 valence electrons. The molecule has 1 amide bonds. The number of hydrogen-bond donors (Lipinski definition) is 1. The molecule has 0 aliphatic rings. The molecule has 1 N–H and O–H groups in total. The molecule has 20 heavy (non-hydrogen) atoms. The number of carbonyl (C=O) groups is 2. The van der Waals surface area contributed by atoms with Crippen LogP contribution in [0.15, 0.2) is 24.3 Å². The Morgan fingerprint density at radius 3 is 2.20 bits per heavy atom. The number of carboxylic acids is 1. The Bertz CT molecular complexity index is 471. The Morgan fingerprint density at radius 1 is 1.25 bits per heavy atom. The molecule has 1 aromatic rings. The SMILES string of the molecule is CCN(CC(=O)O)C(=O)C(c1ccc(Cl)cc1)C(C)C. The van der Waals surface area contributed by atoms with E-state index < -0.39 is 5.97 Å². The van der Waals surface area contributed by atoms with Crippen LogP contribution in [0.25, 0.3) is 0 Å². The summed E-state index contributed by atoms with van der Waals surface area (Å²) >= 11 is 5.86. The fourth-order valence-corrected chi connectivity index (χ4v) is 2.31. The molecule has 0 spiro atoms. The van der Waals surface area contributed by atoms with Crippen LogP contribution in [0.1, 0.15) is 32.3 Å². The zero-order valence-electron chi connectivity index (χ0n) is 12.0. The van der Waals surface area contributed by atoms with Crippen molar-refractivity contribution in [1.82, 2.24) is 4.90 Å². The number of aliphatic carboxylic acids is 1.